The molecule has 0 aliphatic heterocycles. The molecule has 1 heteroatoms. The van der Waals surface area contributed by atoms with Crippen molar-refractivity contribution in [1.29, 1.82) is 0 Å². The van der Waals surface area contributed by atoms with Gasteiger partial charge in [-0.3, -0.25) is 0 Å². The molecule has 1 aromatic heterocycles. The first-order chi connectivity index (χ1) is 5.81. The summed E-state index contributed by atoms with van der Waals surface area (Å²) in [5.74, 6) is 0. The van der Waals surface area contributed by atoms with Crippen LogP contribution >= 0.6 is 0 Å². The highest BCUT2D eigenvalue weighted by molar-refractivity contribution is 5.28. The van der Waals surface area contributed by atoms with Gasteiger partial charge in [-0.05, 0) is 37.3 Å². The van der Waals surface area contributed by atoms with Crippen LogP contribution in [0.2, 0.25) is 0 Å². The van der Waals surface area contributed by atoms with E-state index in [9.17, 15) is 0 Å². The Morgan fingerprint density at radius 2 is 1.69 bits per heavy atom. The number of nitrogens with zero attached hydrogens (tertiary/aromatic N) is 1. The van der Waals surface area contributed by atoms with Crippen LogP contribution in [0.5, 0.6) is 0 Å². The molecule has 1 aromatic rings. The molecule has 1 rings (SSSR count). The molecule has 0 spiro atoms. The SMILES string of the molecule is Cc1cn(CC(C)(C)C)c(C)c1C. The van der Waals surface area contributed by atoms with Gasteiger partial charge >= 0.3 is 0 Å². The van der Waals surface area contributed by atoms with Crippen LogP contribution in [-0.4, -0.2) is 4.57 Å². The molecule has 0 fully saturated rings. The van der Waals surface area contributed by atoms with Gasteiger partial charge in [-0.2, -0.15) is 0 Å². The van der Waals surface area contributed by atoms with E-state index < -0.39 is 0 Å². The Kier molecular flexibility index (Phi) is 2.56. The molecule has 74 valence electrons. The van der Waals surface area contributed by atoms with Crippen molar-refractivity contribution in [3.8, 4) is 0 Å². The van der Waals surface area contributed by atoms with Crippen LogP contribution in [0.25, 0.3) is 0 Å². The van der Waals surface area contributed by atoms with Crippen molar-refractivity contribution in [1.82, 2.24) is 4.57 Å². The Labute approximate surface area is 81.8 Å². The maximum atomic E-state index is 2.37. The second-order valence-corrected chi connectivity index (χ2v) is 5.21. The van der Waals surface area contributed by atoms with Gasteiger partial charge in [-0.15, -0.1) is 0 Å². The van der Waals surface area contributed by atoms with Crippen molar-refractivity contribution in [2.24, 2.45) is 5.41 Å². The number of rotatable bonds is 1. The number of aromatic nitrogens is 1. The summed E-state index contributed by atoms with van der Waals surface area (Å²) in [7, 11) is 0. The summed E-state index contributed by atoms with van der Waals surface area (Å²) in [6.07, 6.45) is 2.26. The summed E-state index contributed by atoms with van der Waals surface area (Å²) < 4.78 is 2.37. The standard InChI is InChI=1S/C12H21N/c1-9-7-13(8-12(4,5)6)11(3)10(9)2/h7H,8H2,1-6H3. The predicted molar refractivity (Wildman–Crippen MR) is 58.1 cm³/mol. The Morgan fingerprint density at radius 3 is 2.00 bits per heavy atom. The molecule has 0 saturated heterocycles. The topological polar surface area (TPSA) is 4.93 Å². The number of hydrogen-bond donors (Lipinski definition) is 0. The van der Waals surface area contributed by atoms with E-state index in [1.54, 1.807) is 0 Å². The van der Waals surface area contributed by atoms with Crippen molar-refractivity contribution in [3.05, 3.63) is 23.0 Å². The highest BCUT2D eigenvalue weighted by Crippen LogP contribution is 2.21. The quantitative estimate of drug-likeness (QED) is 0.622. The van der Waals surface area contributed by atoms with E-state index in [2.05, 4.69) is 52.3 Å². The smallest absolute Gasteiger partial charge is 0.0270 e. The predicted octanol–water partition coefficient (Wildman–Crippen LogP) is 3.46. The maximum absolute atomic E-state index is 2.37. The highest BCUT2D eigenvalue weighted by Gasteiger charge is 2.13. The van der Waals surface area contributed by atoms with Crippen LogP contribution in [-0.2, 0) is 6.54 Å². The summed E-state index contributed by atoms with van der Waals surface area (Å²) in [6, 6.07) is 0. The van der Waals surface area contributed by atoms with Gasteiger partial charge < -0.3 is 4.57 Å². The van der Waals surface area contributed by atoms with Crippen molar-refractivity contribution in [2.75, 3.05) is 0 Å². The highest BCUT2D eigenvalue weighted by atomic mass is 15.0. The number of hydrogen-bond acceptors (Lipinski definition) is 0. The van der Waals surface area contributed by atoms with E-state index >= 15 is 0 Å². The van der Waals surface area contributed by atoms with Gasteiger partial charge in [-0.1, -0.05) is 20.8 Å². The van der Waals surface area contributed by atoms with Gasteiger partial charge in [0, 0.05) is 18.4 Å². The van der Waals surface area contributed by atoms with E-state index in [1.165, 1.54) is 16.8 Å². The van der Waals surface area contributed by atoms with Crippen LogP contribution < -0.4 is 0 Å². The molecular weight excluding hydrogens is 158 g/mol. The average molecular weight is 179 g/mol. The Hall–Kier alpha value is -0.720. The molecule has 0 aromatic carbocycles. The van der Waals surface area contributed by atoms with Crippen molar-refractivity contribution in [3.63, 3.8) is 0 Å². The van der Waals surface area contributed by atoms with Crippen LogP contribution in [0.4, 0.5) is 0 Å². The second-order valence-electron chi connectivity index (χ2n) is 5.21. The summed E-state index contributed by atoms with van der Waals surface area (Å²) in [4.78, 5) is 0. The lowest BCUT2D eigenvalue weighted by atomic mass is 9.97. The van der Waals surface area contributed by atoms with Crippen molar-refractivity contribution in [2.45, 2.75) is 48.1 Å². The fourth-order valence-corrected chi connectivity index (χ4v) is 1.60. The lowest BCUT2D eigenvalue weighted by molar-refractivity contribution is 0.341. The molecule has 0 saturated carbocycles. The third-order valence-corrected chi connectivity index (χ3v) is 2.56. The molecule has 0 aliphatic rings. The normalized spacial score (nSPS) is 12.2. The maximum Gasteiger partial charge on any atom is 0.0270 e. The lowest BCUT2D eigenvalue weighted by Crippen LogP contribution is -2.15. The van der Waals surface area contributed by atoms with Gasteiger partial charge in [0.15, 0.2) is 0 Å². The molecule has 1 nitrogen and oxygen atoms in total. The lowest BCUT2D eigenvalue weighted by Gasteiger charge is -2.20. The summed E-state index contributed by atoms with van der Waals surface area (Å²) in [5.41, 5.74) is 4.61. The molecule has 0 atom stereocenters. The van der Waals surface area contributed by atoms with Crippen molar-refractivity contribution >= 4 is 0 Å². The first kappa shape index (κ1) is 10.4. The molecule has 0 bridgehead atoms. The van der Waals surface area contributed by atoms with Gasteiger partial charge in [0.05, 0.1) is 0 Å². The fraction of sp³-hybridized carbons (Fsp3) is 0.667. The summed E-state index contributed by atoms with van der Waals surface area (Å²) in [5, 5.41) is 0. The molecule has 0 amide bonds. The zero-order valence-electron chi connectivity index (χ0n) is 9.73. The molecule has 0 aliphatic carbocycles. The second kappa shape index (κ2) is 3.21. The zero-order chi connectivity index (χ0) is 10.2. The molecule has 13 heavy (non-hydrogen) atoms. The van der Waals surface area contributed by atoms with Crippen LogP contribution in [0.3, 0.4) is 0 Å². The average Bonchev–Trinajstić information content (AvgIpc) is 2.15. The zero-order valence-corrected chi connectivity index (χ0v) is 9.73. The molecule has 0 N–H and O–H groups in total. The minimum atomic E-state index is 0.364. The van der Waals surface area contributed by atoms with E-state index in [-0.39, 0.29) is 0 Å². The molecular formula is C12H21N. The summed E-state index contributed by atoms with van der Waals surface area (Å²) in [6.45, 7) is 14.5. The summed E-state index contributed by atoms with van der Waals surface area (Å²) >= 11 is 0. The van der Waals surface area contributed by atoms with Crippen LogP contribution in [0, 0.1) is 26.2 Å². The minimum Gasteiger partial charge on any atom is -0.351 e. The van der Waals surface area contributed by atoms with Gasteiger partial charge in [0.2, 0.25) is 0 Å². The number of aryl methyl sites for hydroxylation is 1. The van der Waals surface area contributed by atoms with Gasteiger partial charge in [-0.25, -0.2) is 0 Å². The Morgan fingerprint density at radius 1 is 1.15 bits per heavy atom. The van der Waals surface area contributed by atoms with E-state index in [0.29, 0.717) is 5.41 Å². The first-order valence-corrected chi connectivity index (χ1v) is 4.94. The Balaban J connectivity index is 2.97. The third kappa shape index (κ3) is 2.36. The Bertz CT molecular complexity index is 300. The van der Waals surface area contributed by atoms with Gasteiger partial charge in [0.1, 0.15) is 0 Å². The van der Waals surface area contributed by atoms with Crippen molar-refractivity contribution < 1.29 is 0 Å². The monoisotopic (exact) mass is 179 g/mol. The molecule has 0 unspecified atom stereocenters. The van der Waals surface area contributed by atoms with E-state index in [1.807, 2.05) is 0 Å². The van der Waals surface area contributed by atoms with Gasteiger partial charge in [0.25, 0.3) is 0 Å². The third-order valence-electron chi connectivity index (χ3n) is 2.56. The fourth-order valence-electron chi connectivity index (χ4n) is 1.60. The first-order valence-electron chi connectivity index (χ1n) is 4.94. The van der Waals surface area contributed by atoms with E-state index in [0.717, 1.165) is 6.54 Å². The van der Waals surface area contributed by atoms with E-state index in [4.69, 9.17) is 0 Å². The minimum absolute atomic E-state index is 0.364. The van der Waals surface area contributed by atoms with Crippen LogP contribution in [0.15, 0.2) is 6.20 Å². The molecule has 1 heterocycles. The molecule has 0 radical (unpaired) electrons. The largest absolute Gasteiger partial charge is 0.351 e. The van der Waals surface area contributed by atoms with Crippen LogP contribution in [0.1, 0.15) is 37.6 Å².